The molecule has 0 aliphatic rings. The van der Waals surface area contributed by atoms with Crippen LogP contribution in [0, 0.1) is 11.6 Å². The smallest absolute Gasteiger partial charge is 0.132 e. The summed E-state index contributed by atoms with van der Waals surface area (Å²) >= 11 is 15.9. The van der Waals surface area contributed by atoms with E-state index in [0.29, 0.717) is 14.5 Å². The van der Waals surface area contributed by atoms with Gasteiger partial charge < -0.3 is 0 Å². The molecule has 2 rings (SSSR count). The monoisotopic (exact) mass is 472 g/mol. The van der Waals surface area contributed by atoms with Crippen molar-refractivity contribution >= 4 is 59.4 Å². The zero-order chi connectivity index (χ0) is 14.2. The van der Waals surface area contributed by atoms with Gasteiger partial charge in [-0.3, -0.25) is 0 Å². The van der Waals surface area contributed by atoms with E-state index in [0.717, 1.165) is 4.47 Å². The quantitative estimate of drug-likeness (QED) is 0.431. The largest absolute Gasteiger partial charge is 0.206 e. The van der Waals surface area contributed by atoms with E-state index in [1.54, 1.807) is 12.1 Å². The zero-order valence-electron chi connectivity index (χ0n) is 9.23. The molecule has 2 aromatic carbocycles. The van der Waals surface area contributed by atoms with E-state index in [9.17, 15) is 8.78 Å². The third-order valence-electron chi connectivity index (χ3n) is 2.53. The zero-order valence-corrected chi connectivity index (χ0v) is 14.7. The molecule has 0 saturated heterocycles. The van der Waals surface area contributed by atoms with Crippen LogP contribution in [0.25, 0.3) is 0 Å². The summed E-state index contributed by atoms with van der Waals surface area (Å²) in [6, 6.07) is 7.69. The lowest BCUT2D eigenvalue weighted by molar-refractivity contribution is 0.557. The Hall–Kier alpha value is 0.0300. The molecule has 0 amide bonds. The van der Waals surface area contributed by atoms with Crippen LogP contribution in [0.4, 0.5) is 8.78 Å². The fourth-order valence-electron chi connectivity index (χ4n) is 1.66. The molecule has 0 radical (unpaired) electrons. The first kappa shape index (κ1) is 15.4. The summed E-state index contributed by atoms with van der Waals surface area (Å²) in [5.41, 5.74) is 0.430. The summed E-state index contributed by atoms with van der Waals surface area (Å²) in [7, 11) is 0. The van der Waals surface area contributed by atoms with Crippen molar-refractivity contribution < 1.29 is 8.78 Å². The molecule has 0 saturated carbocycles. The van der Waals surface area contributed by atoms with Gasteiger partial charge >= 0.3 is 0 Å². The van der Waals surface area contributed by atoms with E-state index in [1.807, 2.05) is 6.07 Å². The van der Waals surface area contributed by atoms with Crippen molar-refractivity contribution in [2.45, 2.75) is 5.38 Å². The molecule has 100 valence electrons. The summed E-state index contributed by atoms with van der Waals surface area (Å²) in [6.45, 7) is 0. The predicted octanol–water partition coefficient (Wildman–Crippen LogP) is 6.58. The lowest BCUT2D eigenvalue weighted by atomic mass is 10.0. The van der Waals surface area contributed by atoms with Gasteiger partial charge in [0.05, 0.1) is 5.38 Å². The minimum absolute atomic E-state index is 0.163. The van der Waals surface area contributed by atoms with E-state index in [-0.39, 0.29) is 5.56 Å². The molecule has 0 aromatic heterocycles. The highest BCUT2D eigenvalue weighted by Crippen LogP contribution is 2.38. The molecule has 0 nitrogen and oxygen atoms in total. The van der Waals surface area contributed by atoms with Crippen molar-refractivity contribution in [1.82, 2.24) is 0 Å². The van der Waals surface area contributed by atoms with Crippen molar-refractivity contribution in [1.29, 1.82) is 0 Å². The van der Waals surface area contributed by atoms with Gasteiger partial charge in [0.25, 0.3) is 0 Å². The maximum atomic E-state index is 13.9. The van der Waals surface area contributed by atoms with Crippen LogP contribution in [0.1, 0.15) is 16.5 Å². The molecule has 0 bridgehead atoms. The molecule has 6 heteroatoms. The van der Waals surface area contributed by atoms with Crippen LogP contribution in [0.3, 0.4) is 0 Å². The number of hydrogen-bond acceptors (Lipinski definition) is 0. The summed E-state index contributed by atoms with van der Waals surface area (Å²) in [5, 5.41) is -0.917. The standard InChI is InChI=1S/C13H6Br3ClF2/c14-6-1-2-9(16)8(3-6)13(17)12-10(18)4-7(15)5-11(12)19/h1-5,13H. The molecular weight excluding hydrogens is 469 g/mol. The Kier molecular flexibility index (Phi) is 5.04. The molecule has 19 heavy (non-hydrogen) atoms. The number of halogens is 6. The Morgan fingerprint density at radius 1 is 0.895 bits per heavy atom. The average Bonchev–Trinajstić information content (AvgIpc) is 2.30. The van der Waals surface area contributed by atoms with Crippen molar-refractivity contribution in [3.8, 4) is 0 Å². The highest BCUT2D eigenvalue weighted by molar-refractivity contribution is 9.11. The van der Waals surface area contributed by atoms with Gasteiger partial charge in [0, 0.05) is 19.0 Å². The number of benzene rings is 2. The third-order valence-corrected chi connectivity index (χ3v) is 4.65. The molecule has 2 aromatic rings. The Morgan fingerprint density at radius 2 is 1.47 bits per heavy atom. The second-order valence-electron chi connectivity index (χ2n) is 3.81. The Morgan fingerprint density at radius 3 is 2.05 bits per heavy atom. The Balaban J connectivity index is 2.56. The van der Waals surface area contributed by atoms with Crippen LogP contribution in [-0.2, 0) is 0 Å². The van der Waals surface area contributed by atoms with Gasteiger partial charge in [-0.1, -0.05) is 47.8 Å². The average molecular weight is 475 g/mol. The van der Waals surface area contributed by atoms with Crippen LogP contribution in [-0.4, -0.2) is 0 Å². The SMILES string of the molecule is Fc1cc(Br)cc(F)c1C(Cl)c1cc(Br)ccc1Br. The predicted molar refractivity (Wildman–Crippen MR) is 83.6 cm³/mol. The minimum Gasteiger partial charge on any atom is -0.206 e. The maximum absolute atomic E-state index is 13.9. The summed E-state index contributed by atoms with van der Waals surface area (Å²) in [4.78, 5) is 0. The molecule has 0 heterocycles. The van der Waals surface area contributed by atoms with Crippen molar-refractivity contribution in [3.05, 3.63) is 66.5 Å². The molecule has 0 aliphatic heterocycles. The highest BCUT2D eigenvalue weighted by Gasteiger charge is 2.22. The molecular formula is C13H6Br3ClF2. The second kappa shape index (κ2) is 6.20. The molecule has 0 fully saturated rings. The van der Waals surface area contributed by atoms with Crippen LogP contribution in [0.5, 0.6) is 0 Å². The van der Waals surface area contributed by atoms with Gasteiger partial charge in [0.1, 0.15) is 11.6 Å². The van der Waals surface area contributed by atoms with Crippen LogP contribution in [0.15, 0.2) is 43.7 Å². The number of hydrogen-bond donors (Lipinski definition) is 0. The first-order valence-electron chi connectivity index (χ1n) is 5.13. The summed E-state index contributed by atoms with van der Waals surface area (Å²) in [5.74, 6) is -1.36. The van der Waals surface area contributed by atoms with Crippen LogP contribution >= 0.6 is 59.4 Å². The molecule has 0 aliphatic carbocycles. The molecule has 1 unspecified atom stereocenters. The first-order chi connectivity index (χ1) is 8.90. The lowest BCUT2D eigenvalue weighted by Gasteiger charge is -2.15. The maximum Gasteiger partial charge on any atom is 0.132 e. The van der Waals surface area contributed by atoms with Gasteiger partial charge in [-0.15, -0.1) is 11.6 Å². The molecule has 0 N–H and O–H groups in total. The van der Waals surface area contributed by atoms with Gasteiger partial charge in [0.2, 0.25) is 0 Å². The van der Waals surface area contributed by atoms with E-state index < -0.39 is 17.0 Å². The topological polar surface area (TPSA) is 0 Å². The Labute approximate surface area is 139 Å². The first-order valence-corrected chi connectivity index (χ1v) is 7.95. The minimum atomic E-state index is -0.917. The normalized spacial score (nSPS) is 12.5. The van der Waals surface area contributed by atoms with E-state index in [2.05, 4.69) is 47.8 Å². The van der Waals surface area contributed by atoms with E-state index >= 15 is 0 Å². The van der Waals surface area contributed by atoms with Gasteiger partial charge in [-0.2, -0.15) is 0 Å². The van der Waals surface area contributed by atoms with Crippen LogP contribution < -0.4 is 0 Å². The van der Waals surface area contributed by atoms with E-state index in [1.165, 1.54) is 12.1 Å². The lowest BCUT2D eigenvalue weighted by Crippen LogP contribution is -2.02. The third kappa shape index (κ3) is 3.38. The number of alkyl halides is 1. The number of rotatable bonds is 2. The van der Waals surface area contributed by atoms with Crippen molar-refractivity contribution in [2.24, 2.45) is 0 Å². The molecule has 0 spiro atoms. The fraction of sp³-hybridized carbons (Fsp3) is 0.0769. The van der Waals surface area contributed by atoms with E-state index in [4.69, 9.17) is 11.6 Å². The van der Waals surface area contributed by atoms with Crippen LogP contribution in [0.2, 0.25) is 0 Å². The summed E-state index contributed by atoms with van der Waals surface area (Å²) < 4.78 is 29.6. The highest BCUT2D eigenvalue weighted by atomic mass is 79.9. The molecule has 1 atom stereocenters. The van der Waals surface area contributed by atoms with Gasteiger partial charge in [-0.25, -0.2) is 8.78 Å². The van der Waals surface area contributed by atoms with Gasteiger partial charge in [-0.05, 0) is 35.9 Å². The van der Waals surface area contributed by atoms with Gasteiger partial charge in [0.15, 0.2) is 0 Å². The Bertz CT molecular complexity index is 608. The second-order valence-corrected chi connectivity index (χ2v) is 6.93. The van der Waals surface area contributed by atoms with Crippen molar-refractivity contribution in [3.63, 3.8) is 0 Å². The fourth-order valence-corrected chi connectivity index (χ4v) is 3.44. The summed E-state index contributed by atoms with van der Waals surface area (Å²) in [6.07, 6.45) is 0. The van der Waals surface area contributed by atoms with Crippen molar-refractivity contribution in [2.75, 3.05) is 0 Å².